The lowest BCUT2D eigenvalue weighted by atomic mass is 10.00. The highest BCUT2D eigenvalue weighted by Crippen LogP contribution is 2.19. The van der Waals surface area contributed by atoms with E-state index < -0.39 is 0 Å². The predicted octanol–water partition coefficient (Wildman–Crippen LogP) is 1.50. The Balaban J connectivity index is 1.73. The van der Waals surface area contributed by atoms with Crippen molar-refractivity contribution in [2.75, 3.05) is 33.8 Å². The fourth-order valence-electron chi connectivity index (χ4n) is 2.98. The molecule has 2 heterocycles. The molecule has 2 aliphatic heterocycles. The van der Waals surface area contributed by atoms with E-state index in [1.807, 2.05) is 11.9 Å². The number of rotatable bonds is 4. The van der Waals surface area contributed by atoms with Gasteiger partial charge in [0.25, 0.3) is 5.91 Å². The van der Waals surface area contributed by atoms with Crippen LogP contribution in [0.3, 0.4) is 0 Å². The van der Waals surface area contributed by atoms with Gasteiger partial charge in [0.1, 0.15) is 6.10 Å². The van der Waals surface area contributed by atoms with Crippen molar-refractivity contribution in [3.8, 4) is 0 Å². The fraction of sp³-hybridized carbons (Fsp3) is 0.929. The highest BCUT2D eigenvalue weighted by molar-refractivity contribution is 5.80. The molecule has 2 atom stereocenters. The van der Waals surface area contributed by atoms with Crippen LogP contribution in [-0.2, 0) is 9.53 Å². The number of likely N-dealkylation sites (N-methyl/N-ethyl adjacent to an activating group) is 1. The lowest BCUT2D eigenvalue weighted by molar-refractivity contribution is -0.139. The first-order valence-electron chi connectivity index (χ1n) is 7.25. The van der Waals surface area contributed by atoms with Crippen molar-refractivity contribution in [3.05, 3.63) is 0 Å². The molecule has 0 aromatic rings. The van der Waals surface area contributed by atoms with Gasteiger partial charge in [0.15, 0.2) is 0 Å². The van der Waals surface area contributed by atoms with Crippen molar-refractivity contribution in [2.45, 2.75) is 50.7 Å². The Labute approximate surface area is 110 Å². The van der Waals surface area contributed by atoms with E-state index in [0.717, 1.165) is 32.4 Å². The monoisotopic (exact) mass is 254 g/mol. The van der Waals surface area contributed by atoms with E-state index in [4.69, 9.17) is 4.74 Å². The normalized spacial score (nSPS) is 29.4. The van der Waals surface area contributed by atoms with Crippen LogP contribution in [0.4, 0.5) is 0 Å². The number of hydrogen-bond acceptors (Lipinski definition) is 3. The summed E-state index contributed by atoms with van der Waals surface area (Å²) in [6.07, 6.45) is 6.77. The van der Waals surface area contributed by atoms with Crippen molar-refractivity contribution in [2.24, 2.45) is 0 Å². The molecule has 4 nitrogen and oxygen atoms in total. The van der Waals surface area contributed by atoms with Gasteiger partial charge >= 0.3 is 0 Å². The zero-order valence-electron chi connectivity index (χ0n) is 11.7. The molecule has 0 N–H and O–H groups in total. The topological polar surface area (TPSA) is 32.8 Å². The quantitative estimate of drug-likeness (QED) is 0.762. The summed E-state index contributed by atoms with van der Waals surface area (Å²) < 4.78 is 5.45. The number of ether oxygens (including phenoxy) is 1. The minimum absolute atomic E-state index is 0.168. The van der Waals surface area contributed by atoms with Crippen LogP contribution in [0.1, 0.15) is 38.5 Å². The lowest BCUT2D eigenvalue weighted by Gasteiger charge is -2.33. The summed E-state index contributed by atoms with van der Waals surface area (Å²) in [6.45, 7) is 2.80. The molecule has 0 unspecified atom stereocenters. The second kappa shape index (κ2) is 6.53. The molecule has 1 amide bonds. The third kappa shape index (κ3) is 3.45. The largest absolute Gasteiger partial charge is 0.368 e. The Bertz CT molecular complexity index is 277. The zero-order chi connectivity index (χ0) is 13.0. The van der Waals surface area contributed by atoms with Gasteiger partial charge in [-0.1, -0.05) is 6.42 Å². The van der Waals surface area contributed by atoms with Gasteiger partial charge in [0.05, 0.1) is 0 Å². The number of amides is 1. The van der Waals surface area contributed by atoms with Gasteiger partial charge in [-0.15, -0.1) is 0 Å². The number of hydrogen-bond donors (Lipinski definition) is 0. The third-order valence-corrected chi connectivity index (χ3v) is 4.30. The van der Waals surface area contributed by atoms with Crippen molar-refractivity contribution >= 4 is 5.91 Å². The predicted molar refractivity (Wildman–Crippen MR) is 71.5 cm³/mol. The molecule has 0 aromatic carbocycles. The highest BCUT2D eigenvalue weighted by Gasteiger charge is 2.27. The van der Waals surface area contributed by atoms with Gasteiger partial charge in [-0.05, 0) is 45.7 Å². The van der Waals surface area contributed by atoms with Crippen molar-refractivity contribution in [3.63, 3.8) is 0 Å². The molecular formula is C14H26N2O2. The smallest absolute Gasteiger partial charge is 0.251 e. The molecule has 4 heteroatoms. The summed E-state index contributed by atoms with van der Waals surface area (Å²) in [6, 6.07) is 0.651. The highest BCUT2D eigenvalue weighted by atomic mass is 16.5. The zero-order valence-corrected chi connectivity index (χ0v) is 11.7. The average Bonchev–Trinajstić information content (AvgIpc) is 2.90. The Hall–Kier alpha value is -0.610. The Morgan fingerprint density at radius 3 is 2.83 bits per heavy atom. The van der Waals surface area contributed by atoms with E-state index in [1.165, 1.54) is 25.8 Å². The van der Waals surface area contributed by atoms with Crippen LogP contribution < -0.4 is 0 Å². The van der Waals surface area contributed by atoms with Gasteiger partial charge in [-0.2, -0.15) is 0 Å². The number of likely N-dealkylation sites (tertiary alicyclic amines) is 1. The molecule has 0 saturated carbocycles. The van der Waals surface area contributed by atoms with Gasteiger partial charge in [0.2, 0.25) is 0 Å². The molecule has 0 radical (unpaired) electrons. The average molecular weight is 254 g/mol. The van der Waals surface area contributed by atoms with E-state index in [-0.39, 0.29) is 12.0 Å². The first-order chi connectivity index (χ1) is 8.68. The Morgan fingerprint density at radius 2 is 2.17 bits per heavy atom. The van der Waals surface area contributed by atoms with Crippen LogP contribution >= 0.6 is 0 Å². The van der Waals surface area contributed by atoms with Gasteiger partial charge in [-0.3, -0.25) is 4.79 Å². The van der Waals surface area contributed by atoms with Crippen LogP contribution in [0, 0.1) is 0 Å². The summed E-state index contributed by atoms with van der Waals surface area (Å²) in [7, 11) is 4.11. The minimum Gasteiger partial charge on any atom is -0.368 e. The van der Waals surface area contributed by atoms with Crippen LogP contribution in [0.15, 0.2) is 0 Å². The molecule has 2 fully saturated rings. The van der Waals surface area contributed by atoms with E-state index in [9.17, 15) is 4.79 Å². The SMILES string of the molecule is CN(CC[C@H]1CCCCN1C)C(=O)[C@@H]1CCCO1. The second-order valence-corrected chi connectivity index (χ2v) is 5.68. The molecule has 0 aliphatic carbocycles. The van der Waals surface area contributed by atoms with Crippen molar-refractivity contribution in [1.82, 2.24) is 9.80 Å². The molecule has 0 aromatic heterocycles. The molecule has 2 rings (SSSR count). The first-order valence-corrected chi connectivity index (χ1v) is 7.25. The summed E-state index contributed by atoms with van der Waals surface area (Å²) in [4.78, 5) is 16.4. The lowest BCUT2D eigenvalue weighted by Crippen LogP contribution is -2.41. The fourth-order valence-corrected chi connectivity index (χ4v) is 2.98. The molecule has 104 valence electrons. The number of nitrogens with zero attached hydrogens (tertiary/aromatic N) is 2. The van der Waals surface area contributed by atoms with Crippen LogP contribution in [0.2, 0.25) is 0 Å². The molecule has 0 bridgehead atoms. The third-order valence-electron chi connectivity index (χ3n) is 4.30. The van der Waals surface area contributed by atoms with Crippen LogP contribution in [0.25, 0.3) is 0 Å². The summed E-state index contributed by atoms with van der Waals surface area (Å²) in [5.41, 5.74) is 0. The number of piperidine rings is 1. The Morgan fingerprint density at radius 1 is 1.33 bits per heavy atom. The summed E-state index contributed by atoms with van der Waals surface area (Å²) >= 11 is 0. The van der Waals surface area contributed by atoms with Crippen molar-refractivity contribution in [1.29, 1.82) is 0 Å². The Kier molecular flexibility index (Phi) is 5.01. The van der Waals surface area contributed by atoms with Crippen molar-refractivity contribution < 1.29 is 9.53 Å². The van der Waals surface area contributed by atoms with Crippen LogP contribution in [0.5, 0.6) is 0 Å². The number of carbonyl (C=O) groups excluding carboxylic acids is 1. The van der Waals surface area contributed by atoms with Gasteiger partial charge in [0, 0.05) is 26.2 Å². The van der Waals surface area contributed by atoms with E-state index in [1.54, 1.807) is 0 Å². The first kappa shape index (κ1) is 13.8. The maximum atomic E-state index is 12.1. The van der Waals surface area contributed by atoms with E-state index in [0.29, 0.717) is 6.04 Å². The molecule has 2 aliphatic rings. The summed E-state index contributed by atoms with van der Waals surface area (Å²) in [5, 5.41) is 0. The van der Waals surface area contributed by atoms with Gasteiger partial charge < -0.3 is 14.5 Å². The van der Waals surface area contributed by atoms with E-state index in [2.05, 4.69) is 11.9 Å². The molecule has 0 spiro atoms. The van der Waals surface area contributed by atoms with Crippen LogP contribution in [-0.4, -0.2) is 61.6 Å². The standard InChI is InChI=1S/C14H26N2O2/c1-15-9-4-3-6-12(15)8-10-16(2)14(17)13-7-5-11-18-13/h12-13H,3-11H2,1-2H3/t12-,13+/m1/s1. The van der Waals surface area contributed by atoms with E-state index >= 15 is 0 Å². The molecule has 18 heavy (non-hydrogen) atoms. The number of carbonyl (C=O) groups is 1. The maximum absolute atomic E-state index is 12.1. The minimum atomic E-state index is -0.168. The van der Waals surface area contributed by atoms with Gasteiger partial charge in [-0.25, -0.2) is 0 Å². The molecular weight excluding hydrogens is 228 g/mol. The molecule has 2 saturated heterocycles. The second-order valence-electron chi connectivity index (χ2n) is 5.68. The summed E-state index contributed by atoms with van der Waals surface area (Å²) in [5.74, 6) is 0.172. The maximum Gasteiger partial charge on any atom is 0.251 e.